The Morgan fingerprint density at radius 3 is 2.53 bits per heavy atom. The van der Waals surface area contributed by atoms with Crippen molar-refractivity contribution in [1.82, 2.24) is 10.2 Å². The van der Waals surface area contributed by atoms with Crippen molar-refractivity contribution in [3.8, 4) is 0 Å². The van der Waals surface area contributed by atoms with Crippen LogP contribution < -0.4 is 5.32 Å². The Kier molecular flexibility index (Phi) is 6.43. The van der Waals surface area contributed by atoms with E-state index in [1.807, 2.05) is 37.3 Å². The first-order valence-corrected chi connectivity index (χ1v) is 6.42. The Hall–Kier alpha value is -2.04. The van der Waals surface area contributed by atoms with Crippen LogP contribution in [-0.2, 0) is 11.2 Å². The highest BCUT2D eigenvalue weighted by atomic mass is 16.4. The van der Waals surface area contributed by atoms with Gasteiger partial charge in [0.15, 0.2) is 0 Å². The second-order valence-electron chi connectivity index (χ2n) is 4.19. The van der Waals surface area contributed by atoms with Crippen molar-refractivity contribution in [1.29, 1.82) is 0 Å². The Labute approximate surface area is 113 Å². The fraction of sp³-hybridized carbons (Fsp3) is 0.429. The summed E-state index contributed by atoms with van der Waals surface area (Å²) in [6.07, 6.45) is 0.739. The van der Waals surface area contributed by atoms with E-state index in [-0.39, 0.29) is 19.0 Å². The molecule has 0 fully saturated rings. The summed E-state index contributed by atoms with van der Waals surface area (Å²) >= 11 is 0. The molecule has 0 saturated heterocycles. The molecule has 0 aliphatic heterocycles. The van der Waals surface area contributed by atoms with Crippen LogP contribution in [0.4, 0.5) is 4.79 Å². The average Bonchev–Trinajstić information content (AvgIpc) is 2.40. The van der Waals surface area contributed by atoms with Gasteiger partial charge in [0.05, 0.1) is 6.42 Å². The molecule has 0 heterocycles. The molecule has 0 unspecified atom stereocenters. The van der Waals surface area contributed by atoms with Crippen molar-refractivity contribution in [3.63, 3.8) is 0 Å². The van der Waals surface area contributed by atoms with E-state index in [4.69, 9.17) is 5.11 Å². The summed E-state index contributed by atoms with van der Waals surface area (Å²) in [5, 5.41) is 11.4. The quantitative estimate of drug-likeness (QED) is 0.788. The molecule has 104 valence electrons. The summed E-state index contributed by atoms with van der Waals surface area (Å²) in [5.74, 6) is -0.893. The topological polar surface area (TPSA) is 69.6 Å². The average molecular weight is 264 g/mol. The predicted molar refractivity (Wildman–Crippen MR) is 73.0 cm³/mol. The van der Waals surface area contributed by atoms with E-state index < -0.39 is 5.97 Å². The molecule has 0 radical (unpaired) electrons. The van der Waals surface area contributed by atoms with E-state index >= 15 is 0 Å². The van der Waals surface area contributed by atoms with E-state index in [1.165, 1.54) is 4.90 Å². The number of rotatable bonds is 7. The number of benzene rings is 1. The molecular formula is C14H20N2O3. The third-order valence-corrected chi connectivity index (χ3v) is 2.80. The second-order valence-corrected chi connectivity index (χ2v) is 4.19. The molecule has 0 bridgehead atoms. The number of urea groups is 1. The third kappa shape index (κ3) is 5.90. The number of hydrogen-bond acceptors (Lipinski definition) is 2. The number of nitrogens with zero attached hydrogens (tertiary/aromatic N) is 1. The molecule has 5 nitrogen and oxygen atoms in total. The smallest absolute Gasteiger partial charge is 0.317 e. The Balaban J connectivity index is 2.30. The number of carbonyl (C=O) groups is 2. The molecule has 5 heteroatoms. The van der Waals surface area contributed by atoms with E-state index in [1.54, 1.807) is 0 Å². The van der Waals surface area contributed by atoms with Gasteiger partial charge in [0.25, 0.3) is 0 Å². The van der Waals surface area contributed by atoms with Gasteiger partial charge < -0.3 is 15.3 Å². The van der Waals surface area contributed by atoms with E-state index in [9.17, 15) is 9.59 Å². The normalized spacial score (nSPS) is 9.95. The van der Waals surface area contributed by atoms with Gasteiger partial charge in [-0.05, 0) is 18.9 Å². The highest BCUT2D eigenvalue weighted by molar-refractivity contribution is 5.75. The number of amides is 2. The molecule has 0 aliphatic carbocycles. The summed E-state index contributed by atoms with van der Waals surface area (Å²) in [4.78, 5) is 23.8. The van der Waals surface area contributed by atoms with Gasteiger partial charge in [-0.2, -0.15) is 0 Å². The highest BCUT2D eigenvalue weighted by Gasteiger charge is 2.11. The largest absolute Gasteiger partial charge is 0.481 e. The van der Waals surface area contributed by atoms with Crippen molar-refractivity contribution >= 4 is 12.0 Å². The van der Waals surface area contributed by atoms with Gasteiger partial charge in [0.2, 0.25) is 0 Å². The van der Waals surface area contributed by atoms with Gasteiger partial charge in [-0.25, -0.2) is 4.79 Å². The SMILES string of the molecule is CCN(CCC(=O)O)C(=O)NCCc1ccccc1. The molecule has 0 spiro atoms. The summed E-state index contributed by atoms with van der Waals surface area (Å²) in [5.41, 5.74) is 1.16. The number of nitrogens with one attached hydrogen (secondary N) is 1. The van der Waals surface area contributed by atoms with Gasteiger partial charge in [-0.15, -0.1) is 0 Å². The number of aliphatic carboxylic acids is 1. The summed E-state index contributed by atoms with van der Waals surface area (Å²) in [6, 6.07) is 9.68. The molecule has 2 N–H and O–H groups in total. The van der Waals surface area contributed by atoms with Crippen molar-refractivity contribution in [3.05, 3.63) is 35.9 Å². The predicted octanol–water partition coefficient (Wildman–Crippen LogP) is 1.74. The first kappa shape index (κ1) is 15.0. The van der Waals surface area contributed by atoms with Crippen molar-refractivity contribution in [2.45, 2.75) is 19.8 Å². The number of hydrogen-bond donors (Lipinski definition) is 2. The number of carbonyl (C=O) groups excluding carboxylic acids is 1. The van der Waals surface area contributed by atoms with Crippen LogP contribution in [0.1, 0.15) is 18.9 Å². The standard InChI is InChI=1S/C14H20N2O3/c1-2-16(11-9-13(17)18)14(19)15-10-8-12-6-4-3-5-7-12/h3-7H,2,8-11H2,1H3,(H,15,19)(H,17,18). The molecule has 2 amide bonds. The minimum absolute atomic E-state index is 0.0278. The van der Waals surface area contributed by atoms with E-state index in [0.717, 1.165) is 12.0 Å². The summed E-state index contributed by atoms with van der Waals surface area (Å²) < 4.78 is 0. The van der Waals surface area contributed by atoms with Crippen molar-refractivity contribution in [2.75, 3.05) is 19.6 Å². The van der Waals surface area contributed by atoms with Gasteiger partial charge in [0, 0.05) is 19.6 Å². The van der Waals surface area contributed by atoms with Crippen LogP contribution in [0.3, 0.4) is 0 Å². The lowest BCUT2D eigenvalue weighted by Gasteiger charge is -2.20. The van der Waals surface area contributed by atoms with Gasteiger partial charge in [-0.3, -0.25) is 4.79 Å². The van der Waals surface area contributed by atoms with Crippen LogP contribution >= 0.6 is 0 Å². The molecule has 0 aliphatic rings. The molecule has 1 aromatic rings. The molecule has 1 aromatic carbocycles. The third-order valence-electron chi connectivity index (χ3n) is 2.80. The van der Waals surface area contributed by atoms with Crippen LogP contribution in [0, 0.1) is 0 Å². The Morgan fingerprint density at radius 2 is 1.95 bits per heavy atom. The lowest BCUT2D eigenvalue weighted by Crippen LogP contribution is -2.41. The van der Waals surface area contributed by atoms with Crippen LogP contribution in [0.2, 0.25) is 0 Å². The minimum atomic E-state index is -0.893. The Morgan fingerprint density at radius 1 is 1.26 bits per heavy atom. The van der Waals surface area contributed by atoms with Crippen molar-refractivity contribution in [2.24, 2.45) is 0 Å². The van der Waals surface area contributed by atoms with E-state index in [0.29, 0.717) is 13.1 Å². The molecule has 0 aromatic heterocycles. The molecule has 1 rings (SSSR count). The first-order valence-electron chi connectivity index (χ1n) is 6.42. The number of carboxylic acids is 1. The zero-order valence-electron chi connectivity index (χ0n) is 11.1. The highest BCUT2D eigenvalue weighted by Crippen LogP contribution is 1.99. The van der Waals surface area contributed by atoms with Crippen LogP contribution in [0.5, 0.6) is 0 Å². The molecule has 0 saturated carbocycles. The second kappa shape index (κ2) is 8.13. The maximum atomic E-state index is 11.8. The Bertz CT molecular complexity index is 406. The fourth-order valence-electron chi connectivity index (χ4n) is 1.70. The van der Waals surface area contributed by atoms with Crippen LogP contribution in [0.25, 0.3) is 0 Å². The zero-order valence-corrected chi connectivity index (χ0v) is 11.1. The lowest BCUT2D eigenvalue weighted by molar-refractivity contribution is -0.137. The maximum absolute atomic E-state index is 11.8. The molecule has 0 atom stereocenters. The van der Waals surface area contributed by atoms with Gasteiger partial charge in [0.1, 0.15) is 0 Å². The zero-order chi connectivity index (χ0) is 14.1. The van der Waals surface area contributed by atoms with Crippen molar-refractivity contribution < 1.29 is 14.7 Å². The number of carboxylic acid groups (broad SMARTS) is 1. The molecule has 19 heavy (non-hydrogen) atoms. The van der Waals surface area contributed by atoms with Crippen LogP contribution in [0.15, 0.2) is 30.3 Å². The maximum Gasteiger partial charge on any atom is 0.317 e. The van der Waals surface area contributed by atoms with Gasteiger partial charge >= 0.3 is 12.0 Å². The summed E-state index contributed by atoms with van der Waals surface area (Å²) in [6.45, 7) is 3.12. The molecular weight excluding hydrogens is 244 g/mol. The summed E-state index contributed by atoms with van der Waals surface area (Å²) in [7, 11) is 0. The first-order chi connectivity index (χ1) is 9.13. The van der Waals surface area contributed by atoms with Gasteiger partial charge in [-0.1, -0.05) is 30.3 Å². The monoisotopic (exact) mass is 264 g/mol. The fourth-order valence-corrected chi connectivity index (χ4v) is 1.70. The minimum Gasteiger partial charge on any atom is -0.481 e. The van der Waals surface area contributed by atoms with Crippen LogP contribution in [-0.4, -0.2) is 41.6 Å². The van der Waals surface area contributed by atoms with E-state index in [2.05, 4.69) is 5.32 Å². The lowest BCUT2D eigenvalue weighted by atomic mass is 10.1.